The van der Waals surface area contributed by atoms with Crippen LogP contribution in [0.4, 0.5) is 0 Å². The van der Waals surface area contributed by atoms with E-state index in [1.54, 1.807) is 18.2 Å². The van der Waals surface area contributed by atoms with E-state index in [0.717, 1.165) is 5.56 Å². The van der Waals surface area contributed by atoms with Gasteiger partial charge in [0.05, 0.1) is 4.90 Å². The lowest BCUT2D eigenvalue weighted by molar-refractivity contribution is -0.120. The molecule has 6 nitrogen and oxygen atoms in total. The molecule has 27 heavy (non-hydrogen) atoms. The molecule has 2 aromatic rings. The number of nitrogens with one attached hydrogen (secondary N) is 2. The average molecular weight is 409 g/mol. The Kier molecular flexibility index (Phi) is 7.53. The summed E-state index contributed by atoms with van der Waals surface area (Å²) in [4.78, 5) is 23.2. The molecule has 8 heteroatoms. The van der Waals surface area contributed by atoms with E-state index in [2.05, 4.69) is 10.0 Å². The number of hydrogen-bond acceptors (Lipinski definition) is 4. The Hall–Kier alpha value is -2.22. The standard InChI is InChI=1S/C19H21ClN2O4S/c1-14(23)16-3-2-4-18(13-16)27(25,26)22-12-10-19(24)21-11-9-15-5-7-17(20)8-6-15/h2-8,13,22H,9-12H2,1H3,(H,21,24). The molecule has 0 aliphatic heterocycles. The van der Waals surface area contributed by atoms with Crippen LogP contribution in [0.25, 0.3) is 0 Å². The fourth-order valence-corrected chi connectivity index (χ4v) is 3.55. The molecule has 2 N–H and O–H groups in total. The lowest BCUT2D eigenvalue weighted by Crippen LogP contribution is -2.31. The second-order valence-electron chi connectivity index (χ2n) is 5.96. The van der Waals surface area contributed by atoms with Crippen molar-refractivity contribution in [1.29, 1.82) is 0 Å². The molecule has 0 saturated heterocycles. The summed E-state index contributed by atoms with van der Waals surface area (Å²) in [7, 11) is -3.77. The van der Waals surface area contributed by atoms with Gasteiger partial charge in [0.1, 0.15) is 0 Å². The predicted molar refractivity (Wildman–Crippen MR) is 104 cm³/mol. The minimum Gasteiger partial charge on any atom is -0.356 e. The van der Waals surface area contributed by atoms with Crippen LogP contribution >= 0.6 is 11.6 Å². The van der Waals surface area contributed by atoms with Crippen molar-refractivity contribution >= 4 is 33.3 Å². The summed E-state index contributed by atoms with van der Waals surface area (Å²) in [6.45, 7) is 1.79. The number of sulfonamides is 1. The number of carbonyl (C=O) groups excluding carboxylic acids is 2. The van der Waals surface area contributed by atoms with Gasteiger partial charge in [-0.2, -0.15) is 0 Å². The van der Waals surface area contributed by atoms with Crippen LogP contribution in [0.2, 0.25) is 5.02 Å². The highest BCUT2D eigenvalue weighted by atomic mass is 35.5. The van der Waals surface area contributed by atoms with Crippen LogP contribution in [0.15, 0.2) is 53.4 Å². The molecule has 0 aliphatic rings. The van der Waals surface area contributed by atoms with Gasteiger partial charge in [0.15, 0.2) is 5.78 Å². The van der Waals surface area contributed by atoms with Crippen LogP contribution in [-0.4, -0.2) is 33.2 Å². The minimum atomic E-state index is -3.77. The molecule has 0 atom stereocenters. The highest BCUT2D eigenvalue weighted by Crippen LogP contribution is 2.12. The Morgan fingerprint density at radius 2 is 1.74 bits per heavy atom. The Morgan fingerprint density at radius 1 is 1.04 bits per heavy atom. The summed E-state index contributed by atoms with van der Waals surface area (Å²) in [5.74, 6) is -0.462. The van der Waals surface area contributed by atoms with Crippen molar-refractivity contribution < 1.29 is 18.0 Å². The van der Waals surface area contributed by atoms with E-state index in [4.69, 9.17) is 11.6 Å². The van der Waals surface area contributed by atoms with Crippen molar-refractivity contribution in [2.75, 3.05) is 13.1 Å². The molecule has 0 unspecified atom stereocenters. The molecule has 144 valence electrons. The monoisotopic (exact) mass is 408 g/mol. The van der Waals surface area contributed by atoms with Crippen molar-refractivity contribution in [3.8, 4) is 0 Å². The van der Waals surface area contributed by atoms with E-state index < -0.39 is 10.0 Å². The molecule has 0 spiro atoms. The Bertz CT molecular complexity index is 912. The molecule has 0 heterocycles. The molecule has 2 rings (SSSR count). The lowest BCUT2D eigenvalue weighted by atomic mass is 10.1. The van der Waals surface area contributed by atoms with Gasteiger partial charge in [0.2, 0.25) is 15.9 Å². The van der Waals surface area contributed by atoms with E-state index in [1.165, 1.54) is 25.1 Å². The number of benzene rings is 2. The van der Waals surface area contributed by atoms with Crippen LogP contribution in [0.5, 0.6) is 0 Å². The third-order valence-electron chi connectivity index (χ3n) is 3.84. The van der Waals surface area contributed by atoms with Gasteiger partial charge in [0.25, 0.3) is 0 Å². The summed E-state index contributed by atoms with van der Waals surface area (Å²) >= 11 is 5.82. The van der Waals surface area contributed by atoms with E-state index in [9.17, 15) is 18.0 Å². The van der Waals surface area contributed by atoms with Crippen molar-refractivity contribution in [3.05, 3.63) is 64.7 Å². The highest BCUT2D eigenvalue weighted by Gasteiger charge is 2.15. The number of ketones is 1. The molecule has 0 saturated carbocycles. The Morgan fingerprint density at radius 3 is 2.41 bits per heavy atom. The number of halogens is 1. The van der Waals surface area contributed by atoms with E-state index in [0.29, 0.717) is 23.6 Å². The molecule has 0 aromatic heterocycles. The zero-order valence-corrected chi connectivity index (χ0v) is 16.4. The predicted octanol–water partition coefficient (Wildman–Crippen LogP) is 2.57. The van der Waals surface area contributed by atoms with Gasteiger partial charge in [-0.3, -0.25) is 9.59 Å². The third kappa shape index (κ3) is 6.78. The van der Waals surface area contributed by atoms with Gasteiger partial charge in [0, 0.05) is 30.1 Å². The van der Waals surface area contributed by atoms with Crippen LogP contribution in [0.1, 0.15) is 29.3 Å². The first-order valence-electron chi connectivity index (χ1n) is 8.40. The second-order valence-corrected chi connectivity index (χ2v) is 8.16. The van der Waals surface area contributed by atoms with Gasteiger partial charge in [-0.1, -0.05) is 35.9 Å². The molecular weight excluding hydrogens is 388 g/mol. The summed E-state index contributed by atoms with van der Waals surface area (Å²) in [6, 6.07) is 13.1. The van der Waals surface area contributed by atoms with E-state index in [-0.39, 0.29) is 29.6 Å². The second kappa shape index (κ2) is 9.64. The number of rotatable bonds is 9. The number of amides is 1. The first kappa shape index (κ1) is 21.1. The summed E-state index contributed by atoms with van der Waals surface area (Å²) < 4.78 is 26.9. The quantitative estimate of drug-likeness (QED) is 0.624. The van der Waals surface area contributed by atoms with Gasteiger partial charge in [-0.25, -0.2) is 13.1 Å². The Labute approximate surface area is 164 Å². The van der Waals surface area contributed by atoms with Gasteiger partial charge in [-0.05, 0) is 43.2 Å². The fraction of sp³-hybridized carbons (Fsp3) is 0.263. The van der Waals surface area contributed by atoms with Crippen LogP contribution in [0.3, 0.4) is 0 Å². The molecule has 0 fully saturated rings. The first-order valence-corrected chi connectivity index (χ1v) is 10.3. The normalized spacial score (nSPS) is 11.2. The molecular formula is C19H21ClN2O4S. The molecule has 1 amide bonds. The van der Waals surface area contributed by atoms with Gasteiger partial charge in [-0.15, -0.1) is 0 Å². The number of Topliss-reactive ketones (excluding diaryl/α,β-unsaturated/α-hetero) is 1. The Balaban J connectivity index is 1.77. The van der Waals surface area contributed by atoms with Crippen molar-refractivity contribution in [3.63, 3.8) is 0 Å². The van der Waals surface area contributed by atoms with E-state index >= 15 is 0 Å². The van der Waals surface area contributed by atoms with Crippen molar-refractivity contribution in [2.45, 2.75) is 24.7 Å². The van der Waals surface area contributed by atoms with E-state index in [1.807, 2.05) is 12.1 Å². The minimum absolute atomic E-state index is 0.00153. The first-order chi connectivity index (χ1) is 12.8. The fourth-order valence-electron chi connectivity index (χ4n) is 2.35. The number of carbonyl (C=O) groups is 2. The maximum Gasteiger partial charge on any atom is 0.240 e. The summed E-state index contributed by atoms with van der Waals surface area (Å²) in [5, 5.41) is 3.40. The maximum absolute atomic E-state index is 12.3. The van der Waals surface area contributed by atoms with Crippen LogP contribution < -0.4 is 10.0 Å². The maximum atomic E-state index is 12.3. The molecule has 0 bridgehead atoms. The van der Waals surface area contributed by atoms with Crippen molar-refractivity contribution in [2.24, 2.45) is 0 Å². The topological polar surface area (TPSA) is 92.3 Å². The zero-order valence-electron chi connectivity index (χ0n) is 14.9. The summed E-state index contributed by atoms with van der Waals surface area (Å²) in [5.41, 5.74) is 1.36. The largest absolute Gasteiger partial charge is 0.356 e. The average Bonchev–Trinajstić information content (AvgIpc) is 2.63. The number of hydrogen-bond donors (Lipinski definition) is 2. The van der Waals surface area contributed by atoms with Crippen LogP contribution in [0, 0.1) is 0 Å². The van der Waals surface area contributed by atoms with Crippen molar-refractivity contribution in [1.82, 2.24) is 10.0 Å². The van der Waals surface area contributed by atoms with Gasteiger partial charge < -0.3 is 5.32 Å². The SMILES string of the molecule is CC(=O)c1cccc(S(=O)(=O)NCCC(=O)NCCc2ccc(Cl)cc2)c1. The summed E-state index contributed by atoms with van der Waals surface area (Å²) in [6.07, 6.45) is 0.679. The molecule has 2 aromatic carbocycles. The molecule has 0 aliphatic carbocycles. The smallest absolute Gasteiger partial charge is 0.240 e. The third-order valence-corrected chi connectivity index (χ3v) is 5.55. The lowest BCUT2D eigenvalue weighted by Gasteiger charge is -2.08. The molecule has 0 radical (unpaired) electrons. The van der Waals surface area contributed by atoms with Gasteiger partial charge >= 0.3 is 0 Å². The zero-order chi connectivity index (χ0) is 19.9. The highest BCUT2D eigenvalue weighted by molar-refractivity contribution is 7.89. The van der Waals surface area contributed by atoms with Crippen LogP contribution in [-0.2, 0) is 21.2 Å².